The largest absolute Gasteiger partial charge is 0.324 e. The fourth-order valence-corrected chi connectivity index (χ4v) is 2.97. The standard InChI is InChI=1S/C16H23ClN4/c1-5-14-16(17)15(21(6-2)20-14)9-13(18)12-8-7-10(3)19-11(12)4/h7-8,13H,5-6,9,18H2,1-4H3. The molecule has 2 aromatic heterocycles. The second kappa shape index (κ2) is 6.58. The Morgan fingerprint density at radius 2 is 2.00 bits per heavy atom. The maximum absolute atomic E-state index is 6.45. The van der Waals surface area contributed by atoms with E-state index >= 15 is 0 Å². The molecule has 2 aromatic rings. The predicted molar refractivity (Wildman–Crippen MR) is 86.6 cm³/mol. The molecule has 1 unspecified atom stereocenters. The topological polar surface area (TPSA) is 56.7 Å². The van der Waals surface area contributed by atoms with Crippen molar-refractivity contribution in [1.29, 1.82) is 0 Å². The van der Waals surface area contributed by atoms with Crippen LogP contribution in [0.15, 0.2) is 12.1 Å². The number of hydrogen-bond acceptors (Lipinski definition) is 3. The highest BCUT2D eigenvalue weighted by atomic mass is 35.5. The Bertz CT molecular complexity index is 633. The van der Waals surface area contributed by atoms with Gasteiger partial charge in [0.05, 0.1) is 16.4 Å². The number of aromatic nitrogens is 3. The molecule has 0 spiro atoms. The number of halogens is 1. The van der Waals surface area contributed by atoms with Crippen LogP contribution in [0.25, 0.3) is 0 Å². The number of nitrogens with two attached hydrogens (primary N) is 1. The van der Waals surface area contributed by atoms with Gasteiger partial charge in [-0.3, -0.25) is 9.67 Å². The normalized spacial score (nSPS) is 12.7. The van der Waals surface area contributed by atoms with E-state index < -0.39 is 0 Å². The highest BCUT2D eigenvalue weighted by molar-refractivity contribution is 6.31. The van der Waals surface area contributed by atoms with Crippen LogP contribution in [-0.4, -0.2) is 14.8 Å². The maximum Gasteiger partial charge on any atom is 0.0850 e. The van der Waals surface area contributed by atoms with E-state index in [2.05, 4.69) is 30.0 Å². The van der Waals surface area contributed by atoms with Crippen LogP contribution in [-0.2, 0) is 19.4 Å². The Labute approximate surface area is 131 Å². The Kier molecular flexibility index (Phi) is 5.01. The van der Waals surface area contributed by atoms with E-state index in [1.807, 2.05) is 24.6 Å². The summed E-state index contributed by atoms with van der Waals surface area (Å²) in [6, 6.07) is 3.93. The van der Waals surface area contributed by atoms with Crippen molar-refractivity contribution in [2.45, 2.75) is 53.1 Å². The summed E-state index contributed by atoms with van der Waals surface area (Å²) in [4.78, 5) is 4.49. The first kappa shape index (κ1) is 16.0. The summed E-state index contributed by atoms with van der Waals surface area (Å²) in [6.07, 6.45) is 1.50. The Morgan fingerprint density at radius 1 is 1.29 bits per heavy atom. The number of hydrogen-bond donors (Lipinski definition) is 1. The number of pyridine rings is 1. The minimum absolute atomic E-state index is 0.123. The van der Waals surface area contributed by atoms with Crippen molar-refractivity contribution >= 4 is 11.6 Å². The summed E-state index contributed by atoms with van der Waals surface area (Å²) >= 11 is 6.45. The Hall–Kier alpha value is -1.39. The van der Waals surface area contributed by atoms with Crippen LogP contribution in [0.4, 0.5) is 0 Å². The Balaban J connectivity index is 2.31. The molecule has 0 bridgehead atoms. The van der Waals surface area contributed by atoms with Crippen LogP contribution in [0.1, 0.15) is 48.2 Å². The van der Waals surface area contributed by atoms with E-state index in [4.69, 9.17) is 17.3 Å². The molecule has 0 fully saturated rings. The molecular weight excluding hydrogens is 284 g/mol. The average Bonchev–Trinajstić information content (AvgIpc) is 2.75. The lowest BCUT2D eigenvalue weighted by Gasteiger charge is -2.15. The summed E-state index contributed by atoms with van der Waals surface area (Å²) < 4.78 is 1.96. The molecule has 2 N–H and O–H groups in total. The molecular formula is C16H23ClN4. The quantitative estimate of drug-likeness (QED) is 0.921. The number of aryl methyl sites for hydroxylation is 4. The minimum Gasteiger partial charge on any atom is -0.324 e. The molecule has 0 aliphatic rings. The van der Waals surface area contributed by atoms with Gasteiger partial charge in [0.2, 0.25) is 0 Å². The lowest BCUT2D eigenvalue weighted by molar-refractivity contribution is 0.583. The third kappa shape index (κ3) is 3.27. The van der Waals surface area contributed by atoms with Crippen molar-refractivity contribution < 1.29 is 0 Å². The molecule has 0 saturated heterocycles. The van der Waals surface area contributed by atoms with E-state index in [0.29, 0.717) is 6.42 Å². The summed E-state index contributed by atoms with van der Waals surface area (Å²) in [5.41, 5.74) is 11.4. The minimum atomic E-state index is -0.123. The molecule has 0 aliphatic carbocycles. The van der Waals surface area contributed by atoms with Gasteiger partial charge in [-0.2, -0.15) is 5.10 Å². The highest BCUT2D eigenvalue weighted by Crippen LogP contribution is 2.26. The van der Waals surface area contributed by atoms with Crippen LogP contribution in [0.3, 0.4) is 0 Å². The van der Waals surface area contributed by atoms with Gasteiger partial charge in [0.15, 0.2) is 0 Å². The molecule has 0 aromatic carbocycles. The van der Waals surface area contributed by atoms with E-state index in [-0.39, 0.29) is 6.04 Å². The number of nitrogens with zero attached hydrogens (tertiary/aromatic N) is 3. The molecule has 4 nitrogen and oxygen atoms in total. The van der Waals surface area contributed by atoms with Gasteiger partial charge in [-0.05, 0) is 38.8 Å². The van der Waals surface area contributed by atoms with E-state index in [1.54, 1.807) is 0 Å². The molecule has 2 heterocycles. The van der Waals surface area contributed by atoms with Gasteiger partial charge in [0, 0.05) is 30.4 Å². The summed E-state index contributed by atoms with van der Waals surface area (Å²) in [5.74, 6) is 0. The smallest absolute Gasteiger partial charge is 0.0850 e. The van der Waals surface area contributed by atoms with E-state index in [0.717, 1.165) is 46.3 Å². The number of rotatable bonds is 5. The van der Waals surface area contributed by atoms with Gasteiger partial charge in [-0.25, -0.2) is 0 Å². The first-order valence-electron chi connectivity index (χ1n) is 7.41. The summed E-state index contributed by atoms with van der Waals surface area (Å²) in [5, 5.41) is 5.30. The van der Waals surface area contributed by atoms with Crippen molar-refractivity contribution in [3.8, 4) is 0 Å². The first-order chi connectivity index (χ1) is 9.97. The van der Waals surface area contributed by atoms with Gasteiger partial charge < -0.3 is 5.73 Å². The van der Waals surface area contributed by atoms with Gasteiger partial charge in [0.25, 0.3) is 0 Å². The predicted octanol–water partition coefficient (Wildman–Crippen LogP) is 3.37. The molecule has 1 atom stereocenters. The molecule has 2 rings (SSSR count). The molecule has 114 valence electrons. The third-order valence-electron chi connectivity index (χ3n) is 3.77. The summed E-state index contributed by atoms with van der Waals surface area (Å²) in [7, 11) is 0. The van der Waals surface area contributed by atoms with Gasteiger partial charge >= 0.3 is 0 Å². The van der Waals surface area contributed by atoms with Gasteiger partial charge in [0.1, 0.15) is 0 Å². The molecule has 0 amide bonds. The van der Waals surface area contributed by atoms with E-state index in [9.17, 15) is 0 Å². The summed E-state index contributed by atoms with van der Waals surface area (Å²) in [6.45, 7) is 8.91. The highest BCUT2D eigenvalue weighted by Gasteiger charge is 2.19. The lowest BCUT2D eigenvalue weighted by atomic mass is 10.0. The average molecular weight is 307 g/mol. The van der Waals surface area contributed by atoms with Crippen molar-refractivity contribution in [2.75, 3.05) is 0 Å². The van der Waals surface area contributed by atoms with Crippen molar-refractivity contribution in [2.24, 2.45) is 5.73 Å². The van der Waals surface area contributed by atoms with Crippen LogP contribution >= 0.6 is 11.6 Å². The zero-order chi connectivity index (χ0) is 15.6. The Morgan fingerprint density at radius 3 is 2.57 bits per heavy atom. The van der Waals surface area contributed by atoms with Crippen LogP contribution in [0.5, 0.6) is 0 Å². The SMILES string of the molecule is CCc1nn(CC)c(CC(N)c2ccc(C)nc2C)c1Cl. The van der Waals surface area contributed by atoms with Crippen molar-refractivity contribution in [3.05, 3.63) is 45.5 Å². The molecule has 0 saturated carbocycles. The lowest BCUT2D eigenvalue weighted by Crippen LogP contribution is -2.18. The van der Waals surface area contributed by atoms with Gasteiger partial charge in [-0.15, -0.1) is 0 Å². The maximum atomic E-state index is 6.45. The molecule has 21 heavy (non-hydrogen) atoms. The zero-order valence-corrected chi connectivity index (χ0v) is 13.9. The molecule has 0 aliphatic heterocycles. The van der Waals surface area contributed by atoms with Crippen LogP contribution < -0.4 is 5.73 Å². The molecule has 5 heteroatoms. The molecule has 0 radical (unpaired) electrons. The second-order valence-corrected chi connectivity index (χ2v) is 5.69. The van der Waals surface area contributed by atoms with Gasteiger partial charge in [-0.1, -0.05) is 24.6 Å². The van der Waals surface area contributed by atoms with Crippen LogP contribution in [0, 0.1) is 13.8 Å². The second-order valence-electron chi connectivity index (χ2n) is 5.31. The van der Waals surface area contributed by atoms with Crippen molar-refractivity contribution in [3.63, 3.8) is 0 Å². The van der Waals surface area contributed by atoms with Crippen LogP contribution in [0.2, 0.25) is 5.02 Å². The fourth-order valence-electron chi connectivity index (χ4n) is 2.62. The monoisotopic (exact) mass is 306 g/mol. The zero-order valence-electron chi connectivity index (χ0n) is 13.2. The first-order valence-corrected chi connectivity index (χ1v) is 7.79. The van der Waals surface area contributed by atoms with E-state index in [1.165, 1.54) is 0 Å². The fraction of sp³-hybridized carbons (Fsp3) is 0.500. The van der Waals surface area contributed by atoms with Crippen molar-refractivity contribution in [1.82, 2.24) is 14.8 Å². The third-order valence-corrected chi connectivity index (χ3v) is 4.21.